The van der Waals surface area contributed by atoms with Gasteiger partial charge in [0, 0.05) is 57.4 Å². The fourth-order valence-corrected chi connectivity index (χ4v) is 4.40. The van der Waals surface area contributed by atoms with E-state index in [-0.39, 0.29) is 30.0 Å². The second kappa shape index (κ2) is 10.6. The van der Waals surface area contributed by atoms with Crippen molar-refractivity contribution < 1.29 is 4.79 Å². The second-order valence-electron chi connectivity index (χ2n) is 6.98. The van der Waals surface area contributed by atoms with Gasteiger partial charge in [-0.05, 0) is 26.7 Å². The number of aliphatic imine (C=N–C) groups is 1. The van der Waals surface area contributed by atoms with Gasteiger partial charge in [0.15, 0.2) is 5.96 Å². The summed E-state index contributed by atoms with van der Waals surface area (Å²) >= 11 is 1.71. The summed E-state index contributed by atoms with van der Waals surface area (Å²) < 4.78 is 0. The summed E-state index contributed by atoms with van der Waals surface area (Å²) in [5.74, 6) is 1.22. The molecular weight excluding hydrogens is 475 g/mol. The van der Waals surface area contributed by atoms with Crippen LogP contribution in [0.25, 0.3) is 0 Å². The van der Waals surface area contributed by atoms with Gasteiger partial charge in [-0.1, -0.05) is 0 Å². The van der Waals surface area contributed by atoms with E-state index in [4.69, 9.17) is 0 Å². The molecule has 1 aromatic heterocycles. The smallest absolute Gasteiger partial charge is 0.239 e. The number of likely N-dealkylation sites (tertiary alicyclic amines) is 1. The highest BCUT2D eigenvalue weighted by Gasteiger charge is 2.30. The molecule has 9 heteroatoms. The van der Waals surface area contributed by atoms with Crippen LogP contribution in [0.5, 0.6) is 0 Å². The molecular formula is C18H31IN6OS. The third kappa shape index (κ3) is 5.77. The number of hydrogen-bond acceptors (Lipinski definition) is 5. The molecule has 0 spiro atoms. The van der Waals surface area contributed by atoms with Crippen molar-refractivity contribution in [2.75, 3.05) is 46.3 Å². The molecule has 7 nitrogen and oxygen atoms in total. The molecule has 3 heterocycles. The summed E-state index contributed by atoms with van der Waals surface area (Å²) in [6.45, 7) is 10.2. The summed E-state index contributed by atoms with van der Waals surface area (Å²) in [5, 5.41) is 4.52. The van der Waals surface area contributed by atoms with E-state index in [0.717, 1.165) is 69.6 Å². The average molecular weight is 506 g/mol. The zero-order chi connectivity index (χ0) is 18.5. The van der Waals surface area contributed by atoms with Crippen LogP contribution in [0.4, 0.5) is 0 Å². The van der Waals surface area contributed by atoms with Gasteiger partial charge < -0.3 is 15.1 Å². The normalized spacial score (nSPS) is 19.7. The van der Waals surface area contributed by atoms with E-state index in [1.807, 2.05) is 25.1 Å². The number of guanidine groups is 1. The number of thiazole rings is 1. The lowest BCUT2D eigenvalue weighted by Gasteiger charge is -2.39. The fraction of sp³-hybridized carbons (Fsp3) is 0.722. The number of nitrogens with one attached hydrogen (secondary N) is 1. The van der Waals surface area contributed by atoms with Crippen LogP contribution in [0.3, 0.4) is 0 Å². The van der Waals surface area contributed by atoms with Gasteiger partial charge in [-0.3, -0.25) is 14.7 Å². The number of aromatic nitrogens is 1. The van der Waals surface area contributed by atoms with Gasteiger partial charge in [-0.25, -0.2) is 4.98 Å². The van der Waals surface area contributed by atoms with Gasteiger partial charge >= 0.3 is 0 Å². The lowest BCUT2D eigenvalue weighted by molar-refractivity contribution is -0.135. The maximum Gasteiger partial charge on any atom is 0.239 e. The van der Waals surface area contributed by atoms with Crippen LogP contribution in [0.2, 0.25) is 0 Å². The van der Waals surface area contributed by atoms with E-state index in [1.165, 1.54) is 4.88 Å². The van der Waals surface area contributed by atoms with E-state index in [1.54, 1.807) is 11.3 Å². The number of rotatable bonds is 4. The molecule has 2 aliphatic heterocycles. The summed E-state index contributed by atoms with van der Waals surface area (Å²) in [4.78, 5) is 29.1. The van der Waals surface area contributed by atoms with Crippen LogP contribution in [0, 0.1) is 6.92 Å². The minimum atomic E-state index is -0.0228. The number of hydrogen-bond donors (Lipinski definition) is 1. The maximum absolute atomic E-state index is 12.6. The predicted molar refractivity (Wildman–Crippen MR) is 121 cm³/mol. The maximum atomic E-state index is 12.6. The first-order valence-electron chi connectivity index (χ1n) is 9.48. The molecule has 2 aliphatic rings. The number of carbonyl (C=O) groups is 1. The molecule has 27 heavy (non-hydrogen) atoms. The zero-order valence-corrected chi connectivity index (χ0v) is 19.6. The highest BCUT2D eigenvalue weighted by molar-refractivity contribution is 14.0. The predicted octanol–water partition coefficient (Wildman–Crippen LogP) is 1.77. The van der Waals surface area contributed by atoms with Crippen molar-refractivity contribution in [1.29, 1.82) is 0 Å². The monoisotopic (exact) mass is 506 g/mol. The number of halogens is 1. The van der Waals surface area contributed by atoms with Crippen LogP contribution in [-0.2, 0) is 11.3 Å². The molecule has 0 saturated carbocycles. The molecule has 1 unspecified atom stereocenters. The quantitative estimate of drug-likeness (QED) is 0.383. The molecule has 1 N–H and O–H groups in total. The van der Waals surface area contributed by atoms with E-state index in [2.05, 4.69) is 32.0 Å². The third-order valence-corrected chi connectivity index (χ3v) is 6.15. The molecule has 1 amide bonds. The number of carbonyl (C=O) groups excluding carboxylic acids is 1. The van der Waals surface area contributed by atoms with Crippen molar-refractivity contribution in [3.63, 3.8) is 0 Å². The van der Waals surface area contributed by atoms with Crippen LogP contribution < -0.4 is 5.32 Å². The lowest BCUT2D eigenvalue weighted by Crippen LogP contribution is -2.57. The Bertz CT molecular complexity index is 638. The van der Waals surface area contributed by atoms with Gasteiger partial charge in [0.1, 0.15) is 0 Å². The SMILES string of the molecule is CN=C(NCc1cnc(C)s1)N1CCN(C(C)C(=O)N2CCCC2)CC1.I. The van der Waals surface area contributed by atoms with Crippen molar-refractivity contribution >= 4 is 47.2 Å². The van der Waals surface area contributed by atoms with Gasteiger partial charge in [0.2, 0.25) is 5.91 Å². The minimum absolute atomic E-state index is 0. The highest BCUT2D eigenvalue weighted by atomic mass is 127. The van der Waals surface area contributed by atoms with Gasteiger partial charge in [0.25, 0.3) is 0 Å². The first-order valence-corrected chi connectivity index (χ1v) is 10.3. The average Bonchev–Trinajstić information content (AvgIpc) is 3.33. The Labute approximate surface area is 183 Å². The van der Waals surface area contributed by atoms with Gasteiger partial charge in [-0.15, -0.1) is 35.3 Å². The molecule has 0 bridgehead atoms. The van der Waals surface area contributed by atoms with Crippen LogP contribution in [-0.4, -0.2) is 83.9 Å². The van der Waals surface area contributed by atoms with Crippen molar-refractivity contribution in [3.05, 3.63) is 16.1 Å². The molecule has 2 saturated heterocycles. The van der Waals surface area contributed by atoms with Gasteiger partial charge in [-0.2, -0.15) is 0 Å². The van der Waals surface area contributed by atoms with Crippen LogP contribution in [0.1, 0.15) is 29.7 Å². The second-order valence-corrected chi connectivity index (χ2v) is 8.30. The number of piperazine rings is 1. The van der Waals surface area contributed by atoms with Crippen LogP contribution in [0.15, 0.2) is 11.2 Å². The number of aryl methyl sites for hydroxylation is 1. The topological polar surface area (TPSA) is 64.1 Å². The third-order valence-electron chi connectivity index (χ3n) is 5.24. The Morgan fingerprint density at radius 2 is 1.89 bits per heavy atom. The van der Waals surface area contributed by atoms with Crippen LogP contribution >= 0.6 is 35.3 Å². The molecule has 152 valence electrons. The minimum Gasteiger partial charge on any atom is -0.351 e. The van der Waals surface area contributed by atoms with E-state index < -0.39 is 0 Å². The summed E-state index contributed by atoms with van der Waals surface area (Å²) in [5.41, 5.74) is 0. The highest BCUT2D eigenvalue weighted by Crippen LogP contribution is 2.14. The first kappa shape index (κ1) is 22.4. The standard InChI is InChI=1S/C18H30N6OS.HI/c1-14(17(25)23-6-4-5-7-23)22-8-10-24(11-9-22)18(19-3)21-13-16-12-20-15(2)26-16;/h12,14H,4-11,13H2,1-3H3,(H,19,21);1H. The van der Waals surface area contributed by atoms with E-state index in [0.29, 0.717) is 5.91 Å². The van der Waals surface area contributed by atoms with Gasteiger partial charge in [0.05, 0.1) is 17.6 Å². The first-order chi connectivity index (χ1) is 12.6. The summed E-state index contributed by atoms with van der Waals surface area (Å²) in [6.07, 6.45) is 4.21. The Morgan fingerprint density at radius 3 is 2.44 bits per heavy atom. The zero-order valence-electron chi connectivity index (χ0n) is 16.5. The fourth-order valence-electron chi connectivity index (χ4n) is 3.66. The van der Waals surface area contributed by atoms with Crippen molar-refractivity contribution in [3.8, 4) is 0 Å². The van der Waals surface area contributed by atoms with Crippen molar-refractivity contribution in [1.82, 2.24) is 25.0 Å². The molecule has 0 aromatic carbocycles. The lowest BCUT2D eigenvalue weighted by atomic mass is 10.2. The molecule has 1 atom stereocenters. The Balaban J connectivity index is 0.00000261. The largest absolute Gasteiger partial charge is 0.351 e. The Kier molecular flexibility index (Phi) is 8.74. The number of amides is 1. The Morgan fingerprint density at radius 1 is 1.22 bits per heavy atom. The Hall–Kier alpha value is -0.940. The molecule has 0 radical (unpaired) electrons. The number of nitrogens with zero attached hydrogens (tertiary/aromatic N) is 5. The molecule has 2 fully saturated rings. The summed E-state index contributed by atoms with van der Waals surface area (Å²) in [7, 11) is 1.83. The van der Waals surface area contributed by atoms with E-state index >= 15 is 0 Å². The van der Waals surface area contributed by atoms with Crippen molar-refractivity contribution in [2.24, 2.45) is 4.99 Å². The summed E-state index contributed by atoms with van der Waals surface area (Å²) in [6, 6.07) is -0.0228. The van der Waals surface area contributed by atoms with Crippen molar-refractivity contribution in [2.45, 2.75) is 39.3 Å². The molecule has 1 aromatic rings. The van der Waals surface area contributed by atoms with E-state index in [9.17, 15) is 4.79 Å². The molecule has 0 aliphatic carbocycles. The molecule has 3 rings (SSSR count).